The molecule has 1 heterocycles. The Balaban J connectivity index is 1.76. The van der Waals surface area contributed by atoms with Crippen molar-refractivity contribution in [3.8, 4) is 0 Å². The smallest absolute Gasteiger partial charge is 0.216 e. The Morgan fingerprint density at radius 2 is 2.00 bits per heavy atom. The van der Waals surface area contributed by atoms with Crippen LogP contribution in [0, 0.1) is 0 Å². The molecule has 1 saturated heterocycles. The molecule has 0 radical (unpaired) electrons. The van der Waals surface area contributed by atoms with Crippen LogP contribution in [0.15, 0.2) is 0 Å². The first kappa shape index (κ1) is 13.3. The lowest BCUT2D eigenvalue weighted by atomic mass is 10.3. The molecule has 2 N–H and O–H groups in total. The van der Waals surface area contributed by atoms with Gasteiger partial charge in [0.15, 0.2) is 0 Å². The molecular formula is C11H22N2O3S. The SMILES string of the molecule is O=S(=O)(NC1CC1)C1CCN(CCCCO)C1. The summed E-state index contributed by atoms with van der Waals surface area (Å²) in [6.07, 6.45) is 4.47. The number of nitrogens with zero attached hydrogens (tertiary/aromatic N) is 1. The molecule has 100 valence electrons. The van der Waals surface area contributed by atoms with Crippen molar-refractivity contribution in [1.29, 1.82) is 0 Å². The average molecular weight is 262 g/mol. The number of aliphatic hydroxyl groups is 1. The topological polar surface area (TPSA) is 69.6 Å². The molecule has 1 atom stereocenters. The lowest BCUT2D eigenvalue weighted by Gasteiger charge is -2.16. The summed E-state index contributed by atoms with van der Waals surface area (Å²) in [4.78, 5) is 2.19. The molecule has 1 saturated carbocycles. The number of sulfonamides is 1. The third-order valence-corrected chi connectivity index (χ3v) is 5.38. The number of likely N-dealkylation sites (tertiary alicyclic amines) is 1. The van der Waals surface area contributed by atoms with E-state index in [4.69, 9.17) is 5.11 Å². The maximum atomic E-state index is 12.0. The van der Waals surface area contributed by atoms with Crippen LogP contribution in [0.5, 0.6) is 0 Å². The molecule has 1 aliphatic heterocycles. The molecule has 17 heavy (non-hydrogen) atoms. The molecule has 2 rings (SSSR count). The van der Waals surface area contributed by atoms with E-state index < -0.39 is 10.0 Å². The van der Waals surface area contributed by atoms with Gasteiger partial charge in [0.2, 0.25) is 10.0 Å². The van der Waals surface area contributed by atoms with E-state index in [0.29, 0.717) is 6.54 Å². The van der Waals surface area contributed by atoms with Crippen molar-refractivity contribution in [2.24, 2.45) is 0 Å². The molecule has 2 fully saturated rings. The molecular weight excluding hydrogens is 240 g/mol. The van der Waals surface area contributed by atoms with Gasteiger partial charge in [-0.3, -0.25) is 0 Å². The van der Waals surface area contributed by atoms with Crippen molar-refractivity contribution in [3.63, 3.8) is 0 Å². The predicted octanol–water partition coefficient (Wildman–Crippen LogP) is -0.0850. The second-order valence-corrected chi connectivity index (χ2v) is 7.07. The van der Waals surface area contributed by atoms with Gasteiger partial charge in [0.25, 0.3) is 0 Å². The monoisotopic (exact) mass is 262 g/mol. The van der Waals surface area contributed by atoms with E-state index in [-0.39, 0.29) is 17.9 Å². The first-order valence-corrected chi connectivity index (χ1v) is 8.01. The molecule has 1 unspecified atom stereocenters. The zero-order chi connectivity index (χ0) is 12.3. The molecule has 0 aromatic rings. The van der Waals surface area contributed by atoms with E-state index >= 15 is 0 Å². The van der Waals surface area contributed by atoms with E-state index in [1.165, 1.54) is 0 Å². The minimum absolute atomic E-state index is 0.212. The van der Waals surface area contributed by atoms with Crippen LogP contribution < -0.4 is 4.72 Å². The molecule has 0 amide bonds. The van der Waals surface area contributed by atoms with Crippen LogP contribution in [-0.4, -0.2) is 56.0 Å². The molecule has 2 aliphatic rings. The van der Waals surface area contributed by atoms with Crippen LogP contribution in [-0.2, 0) is 10.0 Å². The molecule has 0 aromatic carbocycles. The van der Waals surface area contributed by atoms with Crippen LogP contribution in [0.1, 0.15) is 32.1 Å². The Morgan fingerprint density at radius 3 is 2.65 bits per heavy atom. The Labute approximate surface area is 103 Å². The lowest BCUT2D eigenvalue weighted by molar-refractivity contribution is 0.264. The van der Waals surface area contributed by atoms with Gasteiger partial charge in [-0.2, -0.15) is 0 Å². The number of hydrogen-bond acceptors (Lipinski definition) is 4. The number of rotatable bonds is 7. The molecule has 5 nitrogen and oxygen atoms in total. The Bertz CT molecular complexity index is 341. The van der Waals surface area contributed by atoms with Crippen molar-refractivity contribution < 1.29 is 13.5 Å². The third-order valence-electron chi connectivity index (χ3n) is 3.46. The number of nitrogens with one attached hydrogen (secondary N) is 1. The van der Waals surface area contributed by atoms with Crippen LogP contribution in [0.4, 0.5) is 0 Å². The lowest BCUT2D eigenvalue weighted by Crippen LogP contribution is -2.37. The number of aliphatic hydroxyl groups excluding tert-OH is 1. The van der Waals surface area contributed by atoms with Gasteiger partial charge < -0.3 is 10.0 Å². The zero-order valence-corrected chi connectivity index (χ0v) is 11.0. The zero-order valence-electron chi connectivity index (χ0n) is 10.1. The Hall–Kier alpha value is -0.170. The fourth-order valence-electron chi connectivity index (χ4n) is 2.23. The van der Waals surface area contributed by atoms with Gasteiger partial charge in [-0.05, 0) is 45.2 Å². The predicted molar refractivity (Wildman–Crippen MR) is 66.2 cm³/mol. The summed E-state index contributed by atoms with van der Waals surface area (Å²) in [7, 11) is -3.10. The van der Waals surface area contributed by atoms with Gasteiger partial charge in [-0.25, -0.2) is 13.1 Å². The summed E-state index contributed by atoms with van der Waals surface area (Å²) < 4.78 is 26.7. The molecule has 0 aromatic heterocycles. The highest BCUT2D eigenvalue weighted by atomic mass is 32.2. The Morgan fingerprint density at radius 1 is 1.24 bits per heavy atom. The second-order valence-electron chi connectivity index (χ2n) is 5.08. The fraction of sp³-hybridized carbons (Fsp3) is 1.00. The first-order valence-electron chi connectivity index (χ1n) is 6.46. The average Bonchev–Trinajstić information content (AvgIpc) is 2.94. The van der Waals surface area contributed by atoms with Gasteiger partial charge in [-0.15, -0.1) is 0 Å². The standard InChI is InChI=1S/C11H22N2O3S/c14-8-2-1-6-13-7-5-11(9-13)17(15,16)12-10-3-4-10/h10-12,14H,1-9H2. The molecule has 6 heteroatoms. The minimum Gasteiger partial charge on any atom is -0.396 e. The van der Waals surface area contributed by atoms with Gasteiger partial charge in [0, 0.05) is 19.2 Å². The summed E-state index contributed by atoms with van der Waals surface area (Å²) >= 11 is 0. The maximum absolute atomic E-state index is 12.0. The molecule has 0 spiro atoms. The van der Waals surface area contributed by atoms with Crippen LogP contribution in [0.25, 0.3) is 0 Å². The third kappa shape index (κ3) is 3.91. The van der Waals surface area contributed by atoms with Crippen molar-refractivity contribution in [1.82, 2.24) is 9.62 Å². The van der Waals surface area contributed by atoms with E-state index in [0.717, 1.165) is 45.2 Å². The van der Waals surface area contributed by atoms with Gasteiger partial charge in [0.1, 0.15) is 0 Å². The van der Waals surface area contributed by atoms with Gasteiger partial charge in [-0.1, -0.05) is 0 Å². The van der Waals surface area contributed by atoms with E-state index in [1.807, 2.05) is 0 Å². The van der Waals surface area contributed by atoms with Gasteiger partial charge >= 0.3 is 0 Å². The summed E-state index contributed by atoms with van der Waals surface area (Å²) in [5.74, 6) is 0. The highest BCUT2D eigenvalue weighted by Gasteiger charge is 2.36. The first-order chi connectivity index (χ1) is 8.12. The van der Waals surface area contributed by atoms with Crippen LogP contribution in [0.2, 0.25) is 0 Å². The highest BCUT2D eigenvalue weighted by Crippen LogP contribution is 2.23. The minimum atomic E-state index is -3.10. The number of hydrogen-bond donors (Lipinski definition) is 2. The number of unbranched alkanes of at least 4 members (excludes halogenated alkanes) is 1. The van der Waals surface area contributed by atoms with Crippen molar-refractivity contribution in [2.75, 3.05) is 26.2 Å². The largest absolute Gasteiger partial charge is 0.396 e. The normalized spacial score (nSPS) is 26.5. The summed E-state index contributed by atoms with van der Waals surface area (Å²) in [5.41, 5.74) is 0. The van der Waals surface area contributed by atoms with Crippen LogP contribution in [0.3, 0.4) is 0 Å². The maximum Gasteiger partial charge on any atom is 0.216 e. The fourth-order valence-corrected chi connectivity index (χ4v) is 3.95. The molecule has 0 bridgehead atoms. The van der Waals surface area contributed by atoms with E-state index in [1.54, 1.807) is 0 Å². The highest BCUT2D eigenvalue weighted by molar-refractivity contribution is 7.90. The van der Waals surface area contributed by atoms with E-state index in [9.17, 15) is 8.42 Å². The second kappa shape index (κ2) is 5.65. The summed E-state index contributed by atoms with van der Waals surface area (Å²) in [5, 5.41) is 8.46. The van der Waals surface area contributed by atoms with Crippen molar-refractivity contribution >= 4 is 10.0 Å². The van der Waals surface area contributed by atoms with Crippen molar-refractivity contribution in [2.45, 2.75) is 43.4 Å². The Kier molecular flexibility index (Phi) is 4.41. The quantitative estimate of drug-likeness (QED) is 0.629. The summed E-state index contributed by atoms with van der Waals surface area (Å²) in [6, 6.07) is 0.212. The van der Waals surface area contributed by atoms with E-state index in [2.05, 4.69) is 9.62 Å². The molecule has 1 aliphatic carbocycles. The summed E-state index contributed by atoms with van der Waals surface area (Å²) in [6.45, 7) is 2.63. The van der Waals surface area contributed by atoms with Gasteiger partial charge in [0.05, 0.1) is 5.25 Å². The van der Waals surface area contributed by atoms with Crippen LogP contribution >= 0.6 is 0 Å². The van der Waals surface area contributed by atoms with Crippen molar-refractivity contribution in [3.05, 3.63) is 0 Å².